The highest BCUT2D eigenvalue weighted by atomic mass is 16.5. The lowest BCUT2D eigenvalue weighted by Crippen LogP contribution is -2.17. The van der Waals surface area contributed by atoms with Crippen LogP contribution in [0.25, 0.3) is 11.3 Å². The first kappa shape index (κ1) is 19.4. The van der Waals surface area contributed by atoms with Crippen molar-refractivity contribution in [3.8, 4) is 11.3 Å². The highest BCUT2D eigenvalue weighted by Gasteiger charge is 2.23. The van der Waals surface area contributed by atoms with E-state index >= 15 is 0 Å². The highest BCUT2D eigenvalue weighted by molar-refractivity contribution is 5.80. The van der Waals surface area contributed by atoms with Crippen molar-refractivity contribution in [2.24, 2.45) is 0 Å². The molecule has 29 heavy (non-hydrogen) atoms. The van der Waals surface area contributed by atoms with Gasteiger partial charge in [-0.1, -0.05) is 0 Å². The number of aromatic nitrogens is 5. The molecule has 4 rings (SSSR count). The fraction of sp³-hybridized carbons (Fsp3) is 0.409. The molecule has 4 heterocycles. The summed E-state index contributed by atoms with van der Waals surface area (Å²) >= 11 is 0. The van der Waals surface area contributed by atoms with Crippen molar-refractivity contribution in [1.82, 2.24) is 24.5 Å². The van der Waals surface area contributed by atoms with Crippen LogP contribution in [0.4, 0.5) is 0 Å². The number of pyridine rings is 1. The summed E-state index contributed by atoms with van der Waals surface area (Å²) in [7, 11) is 0. The van der Waals surface area contributed by atoms with Crippen LogP contribution in [-0.2, 0) is 22.5 Å². The van der Waals surface area contributed by atoms with Crippen molar-refractivity contribution < 1.29 is 9.53 Å². The quantitative estimate of drug-likeness (QED) is 0.642. The van der Waals surface area contributed by atoms with Crippen LogP contribution in [0.1, 0.15) is 41.7 Å². The van der Waals surface area contributed by atoms with Gasteiger partial charge in [0.25, 0.3) is 0 Å². The third kappa shape index (κ3) is 4.40. The molecule has 1 aliphatic heterocycles. The minimum absolute atomic E-state index is 0.117. The first-order chi connectivity index (χ1) is 14.1. The summed E-state index contributed by atoms with van der Waals surface area (Å²) in [5, 5.41) is 0. The highest BCUT2D eigenvalue weighted by Crippen LogP contribution is 2.29. The second-order valence-corrected chi connectivity index (χ2v) is 7.45. The van der Waals surface area contributed by atoms with Crippen LogP contribution in [-0.4, -0.2) is 43.5 Å². The van der Waals surface area contributed by atoms with Gasteiger partial charge in [0.1, 0.15) is 5.82 Å². The third-order valence-electron chi connectivity index (χ3n) is 5.45. The molecule has 0 amide bonds. The smallest absolute Gasteiger partial charge is 0.158 e. The Labute approximate surface area is 170 Å². The molecule has 7 nitrogen and oxygen atoms in total. The van der Waals surface area contributed by atoms with Crippen molar-refractivity contribution in [3.63, 3.8) is 0 Å². The number of carbonyl (C=O) groups is 1. The molecule has 0 aliphatic carbocycles. The molecule has 1 aliphatic rings. The van der Waals surface area contributed by atoms with E-state index in [1.165, 1.54) is 0 Å². The van der Waals surface area contributed by atoms with E-state index in [9.17, 15) is 4.79 Å². The summed E-state index contributed by atoms with van der Waals surface area (Å²) < 4.78 is 7.49. The predicted octanol–water partition coefficient (Wildman–Crippen LogP) is 3.06. The molecule has 1 fully saturated rings. The van der Waals surface area contributed by atoms with E-state index in [4.69, 9.17) is 9.72 Å². The molecule has 0 aromatic carbocycles. The predicted molar refractivity (Wildman–Crippen MR) is 108 cm³/mol. The second-order valence-electron chi connectivity index (χ2n) is 7.45. The average molecular weight is 391 g/mol. The van der Waals surface area contributed by atoms with Gasteiger partial charge in [0.2, 0.25) is 0 Å². The maximum atomic E-state index is 12.7. The SMILES string of the molecule is Cc1nc(C2CCOCC2)c(C)n1CC(=O)Cc1ccc(-c2cnccn2)cn1. The minimum atomic E-state index is 0.117. The zero-order valence-electron chi connectivity index (χ0n) is 16.8. The van der Waals surface area contributed by atoms with Gasteiger partial charge in [0.15, 0.2) is 5.78 Å². The zero-order valence-corrected chi connectivity index (χ0v) is 16.8. The summed E-state index contributed by atoms with van der Waals surface area (Å²) in [4.78, 5) is 30.2. The average Bonchev–Trinajstić information content (AvgIpc) is 3.04. The monoisotopic (exact) mass is 391 g/mol. The van der Waals surface area contributed by atoms with Crippen molar-refractivity contribution >= 4 is 5.78 Å². The van der Waals surface area contributed by atoms with E-state index in [0.717, 1.165) is 60.2 Å². The van der Waals surface area contributed by atoms with Gasteiger partial charge in [-0.15, -0.1) is 0 Å². The van der Waals surface area contributed by atoms with Gasteiger partial charge < -0.3 is 9.30 Å². The van der Waals surface area contributed by atoms with Gasteiger partial charge in [-0.2, -0.15) is 0 Å². The minimum Gasteiger partial charge on any atom is -0.381 e. The van der Waals surface area contributed by atoms with Crippen LogP contribution in [0.3, 0.4) is 0 Å². The molecule has 0 spiro atoms. The van der Waals surface area contributed by atoms with E-state index in [1.54, 1.807) is 24.8 Å². The zero-order chi connectivity index (χ0) is 20.2. The summed E-state index contributed by atoms with van der Waals surface area (Å²) in [5.41, 5.74) is 4.61. The van der Waals surface area contributed by atoms with Gasteiger partial charge >= 0.3 is 0 Å². The molecule has 0 atom stereocenters. The van der Waals surface area contributed by atoms with Crippen molar-refractivity contribution in [2.75, 3.05) is 13.2 Å². The van der Waals surface area contributed by atoms with Crippen LogP contribution in [0.5, 0.6) is 0 Å². The number of ether oxygens (including phenoxy) is 1. The number of hydrogen-bond donors (Lipinski definition) is 0. The lowest BCUT2D eigenvalue weighted by atomic mass is 9.95. The van der Waals surface area contributed by atoms with Gasteiger partial charge in [-0.05, 0) is 38.8 Å². The van der Waals surface area contributed by atoms with Crippen LogP contribution >= 0.6 is 0 Å². The summed E-state index contributed by atoms with van der Waals surface area (Å²) in [6.07, 6.45) is 9.01. The number of rotatable bonds is 6. The maximum Gasteiger partial charge on any atom is 0.158 e. The van der Waals surface area contributed by atoms with Gasteiger partial charge in [0, 0.05) is 54.7 Å². The van der Waals surface area contributed by atoms with Gasteiger partial charge in [-0.3, -0.25) is 19.7 Å². The molecule has 3 aromatic heterocycles. The Morgan fingerprint density at radius 2 is 1.97 bits per heavy atom. The maximum absolute atomic E-state index is 12.7. The Kier molecular flexibility index (Phi) is 5.76. The number of ketones is 1. The Hall–Kier alpha value is -2.93. The van der Waals surface area contributed by atoms with E-state index in [2.05, 4.69) is 21.9 Å². The molecule has 7 heteroatoms. The topological polar surface area (TPSA) is 82.8 Å². The van der Waals surface area contributed by atoms with E-state index in [1.807, 2.05) is 23.6 Å². The first-order valence-electron chi connectivity index (χ1n) is 9.96. The Balaban J connectivity index is 1.43. The molecular formula is C22H25N5O2. The fourth-order valence-electron chi connectivity index (χ4n) is 3.85. The molecule has 150 valence electrons. The second kappa shape index (κ2) is 8.61. The van der Waals surface area contributed by atoms with Crippen molar-refractivity contribution in [2.45, 2.75) is 45.6 Å². The number of hydrogen-bond acceptors (Lipinski definition) is 6. The Bertz CT molecular complexity index is 976. The van der Waals surface area contributed by atoms with Crippen LogP contribution in [0.15, 0.2) is 36.9 Å². The summed E-state index contributed by atoms with van der Waals surface area (Å²) in [6.45, 7) is 5.92. The normalized spacial score (nSPS) is 14.8. The van der Waals surface area contributed by atoms with Crippen molar-refractivity contribution in [3.05, 3.63) is 59.8 Å². The molecule has 1 saturated heterocycles. The lowest BCUT2D eigenvalue weighted by Gasteiger charge is -2.21. The van der Waals surface area contributed by atoms with Crippen LogP contribution in [0.2, 0.25) is 0 Å². The summed E-state index contributed by atoms with van der Waals surface area (Å²) in [5.74, 6) is 1.43. The molecule has 3 aromatic rings. The number of nitrogens with zero attached hydrogens (tertiary/aromatic N) is 5. The van der Waals surface area contributed by atoms with E-state index < -0.39 is 0 Å². The largest absolute Gasteiger partial charge is 0.381 e. The fourth-order valence-corrected chi connectivity index (χ4v) is 3.85. The summed E-state index contributed by atoms with van der Waals surface area (Å²) in [6, 6.07) is 3.81. The van der Waals surface area contributed by atoms with E-state index in [-0.39, 0.29) is 5.78 Å². The molecule has 0 saturated carbocycles. The molecule has 0 bridgehead atoms. The number of aryl methyl sites for hydroxylation is 1. The third-order valence-corrected chi connectivity index (χ3v) is 5.45. The molecular weight excluding hydrogens is 366 g/mol. The van der Waals surface area contributed by atoms with Crippen molar-refractivity contribution in [1.29, 1.82) is 0 Å². The Morgan fingerprint density at radius 3 is 2.66 bits per heavy atom. The molecule has 0 unspecified atom stereocenters. The first-order valence-corrected chi connectivity index (χ1v) is 9.96. The number of carbonyl (C=O) groups excluding carboxylic acids is 1. The van der Waals surface area contributed by atoms with E-state index in [0.29, 0.717) is 18.9 Å². The van der Waals surface area contributed by atoms with Crippen LogP contribution in [0, 0.1) is 13.8 Å². The lowest BCUT2D eigenvalue weighted by molar-refractivity contribution is -0.119. The Morgan fingerprint density at radius 1 is 1.14 bits per heavy atom. The molecule has 0 N–H and O–H groups in total. The number of Topliss-reactive ketones (excluding diaryl/α,β-unsaturated/α-hetero) is 1. The van der Waals surface area contributed by atoms with Crippen LogP contribution < -0.4 is 0 Å². The number of imidazole rings is 1. The van der Waals surface area contributed by atoms with Gasteiger partial charge in [-0.25, -0.2) is 4.98 Å². The molecule has 0 radical (unpaired) electrons. The standard InChI is InChI=1S/C22H25N5O2/c1-15-22(17-5-9-29-10-6-17)26-16(2)27(15)14-20(28)11-19-4-3-18(12-25-19)21-13-23-7-8-24-21/h3-4,7-8,12-13,17H,5-6,9-11,14H2,1-2H3. The van der Waals surface area contributed by atoms with Gasteiger partial charge in [0.05, 0.1) is 30.6 Å².